The van der Waals surface area contributed by atoms with E-state index in [9.17, 15) is 0 Å². The summed E-state index contributed by atoms with van der Waals surface area (Å²) in [6, 6.07) is 16.2. The molecule has 0 aliphatic carbocycles. The molecule has 168 valence electrons. The lowest BCUT2D eigenvalue weighted by molar-refractivity contribution is 0.225. The lowest BCUT2D eigenvalue weighted by atomic mass is 10.1. The fraction of sp³-hybridized carbons (Fsp3) is 0.308. The largest absolute Gasteiger partial charge is 0.497 e. The van der Waals surface area contributed by atoms with Crippen LogP contribution in [-0.4, -0.2) is 36.3 Å². The topological polar surface area (TPSA) is 48.6 Å². The third-order valence-corrected chi connectivity index (χ3v) is 5.76. The zero-order chi connectivity index (χ0) is 23.1. The molecule has 32 heavy (non-hydrogen) atoms. The van der Waals surface area contributed by atoms with Crippen molar-refractivity contribution >= 4 is 28.2 Å². The van der Waals surface area contributed by atoms with Crippen molar-refractivity contribution in [3.05, 3.63) is 82.2 Å². The molecule has 3 aromatic rings. The number of hydrogen-bond donors (Lipinski definition) is 0. The maximum Gasteiger partial charge on any atom is 0.118 e. The van der Waals surface area contributed by atoms with Gasteiger partial charge in [0.1, 0.15) is 11.4 Å². The molecule has 6 heteroatoms. The number of hydrogen-bond acceptors (Lipinski definition) is 4. The molecule has 0 saturated carbocycles. The van der Waals surface area contributed by atoms with Crippen LogP contribution in [0, 0.1) is 0 Å². The monoisotopic (exact) mass is 451 g/mol. The number of ether oxygens (including phenoxy) is 2. The molecule has 3 rings (SSSR count). The van der Waals surface area contributed by atoms with Crippen LogP contribution in [-0.2, 0) is 11.3 Å². The molecule has 0 saturated heterocycles. The molecule has 0 radical (unpaired) electrons. The van der Waals surface area contributed by atoms with Gasteiger partial charge in [0, 0.05) is 17.5 Å². The summed E-state index contributed by atoms with van der Waals surface area (Å²) in [5.74, 6) is 0.839. The molecule has 1 heterocycles. The van der Waals surface area contributed by atoms with Crippen LogP contribution in [0.4, 0.5) is 0 Å². The van der Waals surface area contributed by atoms with Crippen molar-refractivity contribution in [1.29, 1.82) is 0 Å². The minimum atomic E-state index is 0.370. The first-order valence-electron chi connectivity index (χ1n) is 10.7. The zero-order valence-electron chi connectivity index (χ0n) is 19.4. The van der Waals surface area contributed by atoms with Crippen molar-refractivity contribution in [1.82, 2.24) is 9.78 Å². The number of rotatable bonds is 9. The molecule has 0 N–H and O–H groups in total. The Kier molecular flexibility index (Phi) is 8.26. The summed E-state index contributed by atoms with van der Waals surface area (Å²) in [6.07, 6.45) is 2.77. The molecule has 0 amide bonds. The predicted molar refractivity (Wildman–Crippen MR) is 133 cm³/mol. The third kappa shape index (κ3) is 5.67. The Balaban J connectivity index is 2.01. The first kappa shape index (κ1) is 23.8. The Morgan fingerprint density at radius 1 is 1.09 bits per heavy atom. The van der Waals surface area contributed by atoms with Crippen LogP contribution in [0.1, 0.15) is 38.4 Å². The quantitative estimate of drug-likeness (QED) is 0.281. The van der Waals surface area contributed by atoms with Crippen LogP contribution in [0.5, 0.6) is 5.75 Å². The summed E-state index contributed by atoms with van der Waals surface area (Å²) in [7, 11) is 3.32. The first-order valence-corrected chi connectivity index (χ1v) is 11.0. The van der Waals surface area contributed by atoms with Crippen molar-refractivity contribution in [3.63, 3.8) is 0 Å². The van der Waals surface area contributed by atoms with Gasteiger partial charge in [0.05, 0.1) is 37.2 Å². The minimum Gasteiger partial charge on any atom is -0.497 e. The number of allylic oxidation sites excluding steroid dienone is 3. The maximum absolute atomic E-state index is 6.45. The standard InChI is InChI=1S/C26H30ClN3O2/c1-6-18(2)24(27)15-21(17-31-4)28-19(3)26-23-9-7-8-10-25(23)30(29-26)16-20-11-13-22(32-5)14-12-20/h7-15H,6,16-17H2,1-5H3/b21-15-,24-18+,28-19?. The highest BCUT2D eigenvalue weighted by Crippen LogP contribution is 2.23. The number of nitrogens with zero attached hydrogens (tertiary/aromatic N) is 3. The van der Waals surface area contributed by atoms with Gasteiger partial charge < -0.3 is 9.47 Å². The fourth-order valence-electron chi connectivity index (χ4n) is 3.38. The van der Waals surface area contributed by atoms with E-state index in [2.05, 4.69) is 31.2 Å². The Hall–Kier alpha value is -2.89. The summed E-state index contributed by atoms with van der Waals surface area (Å²) in [5.41, 5.74) is 5.75. The number of para-hydroxylation sites is 1. The van der Waals surface area contributed by atoms with Crippen molar-refractivity contribution in [3.8, 4) is 5.75 Å². The molecule has 0 unspecified atom stereocenters. The number of halogens is 1. The van der Waals surface area contributed by atoms with Gasteiger partial charge in [-0.05, 0) is 50.1 Å². The number of fused-ring (bicyclic) bond motifs is 1. The number of methoxy groups -OCH3 is 2. The second-order valence-corrected chi connectivity index (χ2v) is 8.03. The van der Waals surface area contributed by atoms with Gasteiger partial charge in [0.15, 0.2) is 0 Å². The van der Waals surface area contributed by atoms with E-state index in [-0.39, 0.29) is 0 Å². The van der Waals surface area contributed by atoms with E-state index in [0.717, 1.165) is 51.3 Å². The fourth-order valence-corrected chi connectivity index (χ4v) is 3.64. The van der Waals surface area contributed by atoms with Gasteiger partial charge in [-0.15, -0.1) is 0 Å². The normalized spacial score (nSPS) is 13.4. The van der Waals surface area contributed by atoms with Crippen molar-refractivity contribution in [2.24, 2.45) is 4.99 Å². The summed E-state index contributed by atoms with van der Waals surface area (Å²) in [6.45, 7) is 7.10. The Bertz CT molecular complexity index is 1160. The maximum atomic E-state index is 6.45. The highest BCUT2D eigenvalue weighted by atomic mass is 35.5. The smallest absolute Gasteiger partial charge is 0.118 e. The Morgan fingerprint density at radius 2 is 1.81 bits per heavy atom. The molecule has 5 nitrogen and oxygen atoms in total. The van der Waals surface area contributed by atoms with E-state index >= 15 is 0 Å². The average molecular weight is 452 g/mol. The van der Waals surface area contributed by atoms with E-state index < -0.39 is 0 Å². The van der Waals surface area contributed by atoms with Crippen molar-refractivity contribution < 1.29 is 9.47 Å². The first-order chi connectivity index (χ1) is 15.5. The molecule has 1 aromatic heterocycles. The number of benzene rings is 2. The van der Waals surface area contributed by atoms with Crippen LogP contribution in [0.15, 0.2) is 75.9 Å². The second kappa shape index (κ2) is 11.1. The van der Waals surface area contributed by atoms with Gasteiger partial charge in [-0.2, -0.15) is 5.10 Å². The van der Waals surface area contributed by atoms with Gasteiger partial charge in [-0.1, -0.05) is 54.4 Å². The van der Waals surface area contributed by atoms with E-state index in [1.165, 1.54) is 0 Å². The lowest BCUT2D eigenvalue weighted by Crippen LogP contribution is -2.05. The minimum absolute atomic E-state index is 0.370. The molecule has 0 atom stereocenters. The van der Waals surface area contributed by atoms with Gasteiger partial charge in [0.25, 0.3) is 0 Å². The lowest BCUT2D eigenvalue weighted by Gasteiger charge is -2.06. The van der Waals surface area contributed by atoms with Crippen molar-refractivity contribution in [2.75, 3.05) is 20.8 Å². The highest BCUT2D eigenvalue weighted by Gasteiger charge is 2.14. The van der Waals surface area contributed by atoms with Crippen molar-refractivity contribution in [2.45, 2.75) is 33.7 Å². The van der Waals surface area contributed by atoms with Crippen LogP contribution >= 0.6 is 11.6 Å². The third-order valence-electron chi connectivity index (χ3n) is 5.33. The molecular weight excluding hydrogens is 422 g/mol. The van der Waals surface area contributed by atoms with Gasteiger partial charge >= 0.3 is 0 Å². The molecule has 0 fully saturated rings. The van der Waals surface area contributed by atoms with Crippen LogP contribution in [0.3, 0.4) is 0 Å². The van der Waals surface area contributed by atoms with E-state index in [1.54, 1.807) is 14.2 Å². The van der Waals surface area contributed by atoms with Crippen LogP contribution in [0.2, 0.25) is 0 Å². The molecule has 0 bridgehead atoms. The van der Waals surface area contributed by atoms with Gasteiger partial charge in [-0.3, -0.25) is 9.67 Å². The average Bonchev–Trinajstić information content (AvgIpc) is 3.17. The van der Waals surface area contributed by atoms with Crippen LogP contribution in [0.25, 0.3) is 10.9 Å². The predicted octanol–water partition coefficient (Wildman–Crippen LogP) is 6.36. The van der Waals surface area contributed by atoms with Crippen LogP contribution < -0.4 is 4.74 Å². The molecule has 0 aliphatic heterocycles. The van der Waals surface area contributed by atoms with E-state index in [0.29, 0.717) is 18.2 Å². The number of aromatic nitrogens is 2. The molecule has 0 aliphatic rings. The second-order valence-electron chi connectivity index (χ2n) is 7.62. The van der Waals surface area contributed by atoms with Gasteiger partial charge in [0.2, 0.25) is 0 Å². The highest BCUT2D eigenvalue weighted by molar-refractivity contribution is 6.31. The zero-order valence-corrected chi connectivity index (χ0v) is 20.1. The summed E-state index contributed by atoms with van der Waals surface area (Å²) >= 11 is 6.45. The van der Waals surface area contributed by atoms with E-state index in [4.69, 9.17) is 31.2 Å². The summed E-state index contributed by atoms with van der Waals surface area (Å²) in [4.78, 5) is 4.83. The molecular formula is C26H30ClN3O2. The van der Waals surface area contributed by atoms with Gasteiger partial charge in [-0.25, -0.2) is 0 Å². The summed E-state index contributed by atoms with van der Waals surface area (Å²) < 4.78 is 12.6. The summed E-state index contributed by atoms with van der Waals surface area (Å²) in [5, 5.41) is 6.67. The number of aliphatic imine (C=N–C) groups is 1. The SMILES string of the molecule is CC/C(C)=C(Cl)\C=C(\COC)N=C(C)c1nn(Cc2ccc(OC)cc2)c2ccccc12. The van der Waals surface area contributed by atoms with E-state index in [1.807, 2.05) is 48.9 Å². The Morgan fingerprint density at radius 3 is 2.47 bits per heavy atom. The Labute approximate surface area is 195 Å². The molecule has 2 aromatic carbocycles. The molecule has 0 spiro atoms.